The van der Waals surface area contributed by atoms with Crippen LogP contribution in [-0.4, -0.2) is 50.4 Å². The van der Waals surface area contributed by atoms with Crippen LogP contribution in [0.4, 0.5) is 10.1 Å². The Morgan fingerprint density at radius 2 is 2.24 bits per heavy atom. The first-order valence-corrected chi connectivity index (χ1v) is 7.04. The second-order valence-electron chi connectivity index (χ2n) is 5.14. The van der Waals surface area contributed by atoms with Gasteiger partial charge in [0.05, 0.1) is 5.56 Å². The lowest BCUT2D eigenvalue weighted by molar-refractivity contribution is -0.117. The van der Waals surface area contributed by atoms with Crippen LogP contribution in [0.2, 0.25) is 0 Å². The number of likely N-dealkylation sites (N-methyl/N-ethyl adjacent to an activating group) is 2. The van der Waals surface area contributed by atoms with Gasteiger partial charge in [-0.05, 0) is 31.7 Å². The van der Waals surface area contributed by atoms with Crippen LogP contribution >= 0.6 is 0 Å². The van der Waals surface area contributed by atoms with E-state index in [1.807, 2.05) is 0 Å². The van der Waals surface area contributed by atoms with E-state index in [1.54, 1.807) is 25.1 Å². The molecule has 1 N–H and O–H groups in total. The Hall–Kier alpha value is -1.95. The predicted molar refractivity (Wildman–Crippen MR) is 78.9 cm³/mol. The first-order chi connectivity index (χ1) is 10.0. The molecule has 0 bridgehead atoms. The molecule has 0 atom stereocenters. The second kappa shape index (κ2) is 6.67. The van der Waals surface area contributed by atoms with Crippen molar-refractivity contribution in [3.8, 4) is 0 Å². The summed E-state index contributed by atoms with van der Waals surface area (Å²) in [5.41, 5.74) is 0.593. The third-order valence-corrected chi connectivity index (χ3v) is 3.61. The molecule has 1 aromatic carbocycles. The zero-order valence-corrected chi connectivity index (χ0v) is 12.4. The molecule has 0 radical (unpaired) electrons. The molecule has 114 valence electrons. The second-order valence-corrected chi connectivity index (χ2v) is 5.14. The van der Waals surface area contributed by atoms with Crippen molar-refractivity contribution >= 4 is 17.5 Å². The molecule has 0 saturated carbocycles. The molecule has 2 amide bonds. The Balaban J connectivity index is 2.22. The lowest BCUT2D eigenvalue weighted by atomic mass is 10.1. The average Bonchev–Trinajstić information content (AvgIpc) is 2.90. The zero-order valence-electron chi connectivity index (χ0n) is 12.4. The minimum Gasteiger partial charge on any atom is -0.340 e. The van der Waals surface area contributed by atoms with Crippen molar-refractivity contribution in [1.29, 1.82) is 0 Å². The van der Waals surface area contributed by atoms with E-state index in [1.165, 1.54) is 17.0 Å². The van der Waals surface area contributed by atoms with Crippen molar-refractivity contribution in [1.82, 2.24) is 10.2 Å². The Labute approximate surface area is 123 Å². The van der Waals surface area contributed by atoms with Crippen LogP contribution in [0.15, 0.2) is 18.2 Å². The van der Waals surface area contributed by atoms with Crippen molar-refractivity contribution in [2.75, 3.05) is 38.6 Å². The Bertz CT molecular complexity index is 548. The van der Waals surface area contributed by atoms with Gasteiger partial charge in [-0.2, -0.15) is 0 Å². The van der Waals surface area contributed by atoms with Gasteiger partial charge in [0.15, 0.2) is 0 Å². The van der Waals surface area contributed by atoms with Crippen LogP contribution in [0.3, 0.4) is 0 Å². The molecule has 1 heterocycles. The van der Waals surface area contributed by atoms with E-state index < -0.39 is 5.82 Å². The lowest BCUT2D eigenvalue weighted by Gasteiger charge is -2.20. The van der Waals surface area contributed by atoms with Crippen LogP contribution in [-0.2, 0) is 4.79 Å². The van der Waals surface area contributed by atoms with E-state index in [0.717, 1.165) is 6.42 Å². The fourth-order valence-corrected chi connectivity index (χ4v) is 2.35. The van der Waals surface area contributed by atoms with Crippen LogP contribution in [0.5, 0.6) is 0 Å². The van der Waals surface area contributed by atoms with Gasteiger partial charge in [0.1, 0.15) is 5.82 Å². The van der Waals surface area contributed by atoms with Crippen LogP contribution in [0.25, 0.3) is 0 Å². The van der Waals surface area contributed by atoms with E-state index in [9.17, 15) is 14.0 Å². The molecule has 1 aromatic rings. The van der Waals surface area contributed by atoms with Gasteiger partial charge in [-0.15, -0.1) is 0 Å². The Morgan fingerprint density at radius 3 is 2.86 bits per heavy atom. The molecule has 5 nitrogen and oxygen atoms in total. The number of hydrogen-bond donors (Lipinski definition) is 1. The highest BCUT2D eigenvalue weighted by Crippen LogP contribution is 2.24. The number of rotatable bonds is 5. The van der Waals surface area contributed by atoms with Gasteiger partial charge in [-0.1, -0.05) is 0 Å². The maximum Gasteiger partial charge on any atom is 0.256 e. The van der Waals surface area contributed by atoms with Crippen molar-refractivity contribution in [2.24, 2.45) is 0 Å². The normalized spacial score (nSPS) is 14.6. The third-order valence-electron chi connectivity index (χ3n) is 3.61. The smallest absolute Gasteiger partial charge is 0.256 e. The first kappa shape index (κ1) is 15.4. The predicted octanol–water partition coefficient (Wildman–Crippen LogP) is 1.24. The average molecular weight is 293 g/mol. The maximum absolute atomic E-state index is 13.9. The van der Waals surface area contributed by atoms with Gasteiger partial charge in [-0.3, -0.25) is 9.59 Å². The zero-order chi connectivity index (χ0) is 15.4. The van der Waals surface area contributed by atoms with Gasteiger partial charge < -0.3 is 15.1 Å². The van der Waals surface area contributed by atoms with Crippen molar-refractivity contribution < 1.29 is 14.0 Å². The number of halogens is 1. The van der Waals surface area contributed by atoms with E-state index in [4.69, 9.17) is 0 Å². The summed E-state index contributed by atoms with van der Waals surface area (Å²) in [7, 11) is 3.42. The molecule has 21 heavy (non-hydrogen) atoms. The number of nitrogens with one attached hydrogen (secondary N) is 1. The highest BCUT2D eigenvalue weighted by molar-refractivity contribution is 5.99. The number of anilines is 1. The summed E-state index contributed by atoms with van der Waals surface area (Å²) in [4.78, 5) is 27.1. The van der Waals surface area contributed by atoms with E-state index in [-0.39, 0.29) is 17.4 Å². The molecular formula is C15H20FN3O2. The summed E-state index contributed by atoms with van der Waals surface area (Å²) >= 11 is 0. The third kappa shape index (κ3) is 3.39. The molecule has 0 aliphatic carbocycles. The van der Waals surface area contributed by atoms with Gasteiger partial charge in [0.25, 0.3) is 5.91 Å². The van der Waals surface area contributed by atoms with Gasteiger partial charge in [0.2, 0.25) is 5.91 Å². The number of benzene rings is 1. The summed E-state index contributed by atoms with van der Waals surface area (Å²) in [6.07, 6.45) is 1.30. The summed E-state index contributed by atoms with van der Waals surface area (Å²) < 4.78 is 13.9. The summed E-state index contributed by atoms with van der Waals surface area (Å²) in [5, 5.41) is 2.94. The van der Waals surface area contributed by atoms with Crippen molar-refractivity contribution in [2.45, 2.75) is 12.8 Å². The fourth-order valence-electron chi connectivity index (χ4n) is 2.35. The van der Waals surface area contributed by atoms with Gasteiger partial charge in [-0.25, -0.2) is 4.39 Å². The number of carbonyl (C=O) groups is 2. The molecule has 1 saturated heterocycles. The highest BCUT2D eigenvalue weighted by Gasteiger charge is 2.24. The molecule has 2 rings (SSSR count). The number of hydrogen-bond acceptors (Lipinski definition) is 3. The first-order valence-electron chi connectivity index (χ1n) is 7.04. The monoisotopic (exact) mass is 293 g/mol. The molecular weight excluding hydrogens is 273 g/mol. The molecule has 0 spiro atoms. The molecule has 1 fully saturated rings. The van der Waals surface area contributed by atoms with Crippen LogP contribution in [0, 0.1) is 5.82 Å². The van der Waals surface area contributed by atoms with E-state index >= 15 is 0 Å². The Kier molecular flexibility index (Phi) is 4.90. The summed E-state index contributed by atoms with van der Waals surface area (Å²) in [6.45, 7) is 1.74. The number of nitrogens with zero attached hydrogens (tertiary/aromatic N) is 2. The minimum absolute atomic E-state index is 0.00537. The lowest BCUT2D eigenvalue weighted by Crippen LogP contribution is -2.33. The molecule has 0 unspecified atom stereocenters. The largest absolute Gasteiger partial charge is 0.340 e. The van der Waals surface area contributed by atoms with Crippen molar-refractivity contribution in [3.05, 3.63) is 29.6 Å². The number of amides is 2. The molecule has 6 heteroatoms. The topological polar surface area (TPSA) is 52.7 Å². The van der Waals surface area contributed by atoms with E-state index in [0.29, 0.717) is 31.7 Å². The van der Waals surface area contributed by atoms with Crippen LogP contribution in [0.1, 0.15) is 23.2 Å². The SMILES string of the molecule is CNCCN(C)C(=O)c1cc(N2CCCC2=O)ccc1F. The maximum atomic E-state index is 13.9. The molecule has 1 aliphatic heterocycles. The standard InChI is InChI=1S/C15H20FN3O2/c1-17-7-9-18(2)15(21)12-10-11(5-6-13(12)16)19-8-3-4-14(19)20/h5-6,10,17H,3-4,7-9H2,1-2H3. The number of carbonyl (C=O) groups excluding carboxylic acids is 2. The van der Waals surface area contributed by atoms with E-state index in [2.05, 4.69) is 5.32 Å². The molecule has 1 aliphatic rings. The molecule has 0 aromatic heterocycles. The van der Waals surface area contributed by atoms with Crippen LogP contribution < -0.4 is 10.2 Å². The summed E-state index contributed by atoms with van der Waals surface area (Å²) in [5.74, 6) is -0.925. The minimum atomic E-state index is -0.563. The highest BCUT2D eigenvalue weighted by atomic mass is 19.1. The summed E-state index contributed by atoms with van der Waals surface area (Å²) in [6, 6.07) is 4.26. The fraction of sp³-hybridized carbons (Fsp3) is 0.467. The van der Waals surface area contributed by atoms with Gasteiger partial charge in [0, 0.05) is 38.8 Å². The van der Waals surface area contributed by atoms with Gasteiger partial charge >= 0.3 is 0 Å². The Morgan fingerprint density at radius 1 is 1.48 bits per heavy atom. The quantitative estimate of drug-likeness (QED) is 0.889. The van der Waals surface area contributed by atoms with Crippen molar-refractivity contribution in [3.63, 3.8) is 0 Å².